The summed E-state index contributed by atoms with van der Waals surface area (Å²) < 4.78 is 46.0. The van der Waals surface area contributed by atoms with Crippen molar-refractivity contribution in [3.05, 3.63) is 47.3 Å². The Balaban J connectivity index is 2.00. The van der Waals surface area contributed by atoms with Gasteiger partial charge in [-0.05, 0) is 25.1 Å². The zero-order valence-corrected chi connectivity index (χ0v) is 17.0. The van der Waals surface area contributed by atoms with Gasteiger partial charge in [-0.3, -0.25) is 4.79 Å². The van der Waals surface area contributed by atoms with Crippen molar-refractivity contribution in [2.24, 2.45) is 0 Å². The van der Waals surface area contributed by atoms with Gasteiger partial charge in [-0.25, -0.2) is 9.55 Å². The molecule has 2 heterocycles. The molecule has 2 N–H and O–H groups in total. The smallest absolute Gasteiger partial charge is 0.416 e. The van der Waals surface area contributed by atoms with Gasteiger partial charge in [-0.15, -0.1) is 0 Å². The Hall–Kier alpha value is -2.40. The molecule has 29 heavy (non-hydrogen) atoms. The van der Waals surface area contributed by atoms with Gasteiger partial charge in [-0.1, -0.05) is 26.6 Å². The maximum Gasteiger partial charge on any atom is 0.416 e. The molecule has 2 aromatic heterocycles. The van der Waals surface area contributed by atoms with Crippen LogP contribution in [-0.2, 0) is 16.7 Å². The molecule has 154 valence electrons. The number of alkyl halides is 3. The van der Waals surface area contributed by atoms with E-state index in [1.807, 2.05) is 6.92 Å². The molecule has 0 fully saturated rings. The monoisotopic (exact) mass is 444 g/mol. The number of imidazole rings is 1. The van der Waals surface area contributed by atoms with Crippen molar-refractivity contribution in [1.82, 2.24) is 9.97 Å². The van der Waals surface area contributed by atoms with Crippen molar-refractivity contribution in [3.63, 3.8) is 0 Å². The molecule has 0 saturated carbocycles. The van der Waals surface area contributed by atoms with E-state index in [1.54, 1.807) is 23.9 Å². The predicted octanol–water partition coefficient (Wildman–Crippen LogP) is 4.14. The first-order valence-corrected chi connectivity index (χ1v) is 10.8. The van der Waals surface area contributed by atoms with Crippen LogP contribution in [0.1, 0.15) is 16.8 Å². The minimum atomic E-state index is -4.44. The number of aromatic amines is 1. The minimum absolute atomic E-state index is 0.0431. The summed E-state index contributed by atoms with van der Waals surface area (Å²) in [4.78, 5) is 18.1. The summed E-state index contributed by atoms with van der Waals surface area (Å²) >= 11 is 0. The van der Waals surface area contributed by atoms with Crippen molar-refractivity contribution in [3.8, 4) is 11.7 Å². The molecule has 0 bridgehead atoms. The normalized spacial score (nSPS) is 11.8. The summed E-state index contributed by atoms with van der Waals surface area (Å²) in [5.41, 5.74) is 1.55. The Morgan fingerprint density at radius 3 is 2.72 bits per heavy atom. The number of ether oxygens (including phenoxy) is 1. The van der Waals surface area contributed by atoms with Gasteiger partial charge in [0.05, 0.1) is 24.6 Å². The van der Waals surface area contributed by atoms with E-state index in [2.05, 4.69) is 9.97 Å². The van der Waals surface area contributed by atoms with Gasteiger partial charge in [0.15, 0.2) is 5.52 Å². The van der Waals surface area contributed by atoms with E-state index in [1.165, 1.54) is 27.7 Å². The molecule has 0 saturated heterocycles. The van der Waals surface area contributed by atoms with Crippen molar-refractivity contribution >= 4 is 38.6 Å². The van der Waals surface area contributed by atoms with E-state index in [-0.39, 0.29) is 11.3 Å². The van der Waals surface area contributed by atoms with Gasteiger partial charge >= 0.3 is 18.1 Å². The number of benzene rings is 1. The lowest BCUT2D eigenvalue weighted by Crippen LogP contribution is -2.37. The van der Waals surface area contributed by atoms with Crippen LogP contribution in [0.2, 0.25) is 0 Å². The quantitative estimate of drug-likeness (QED) is 0.324. The Bertz CT molecular complexity index is 1050. The van der Waals surface area contributed by atoms with Gasteiger partial charge in [0.2, 0.25) is 0 Å². The van der Waals surface area contributed by atoms with Crippen LogP contribution in [0, 0.1) is 6.92 Å². The highest BCUT2D eigenvalue weighted by Crippen LogP contribution is 2.31. The number of hydrogen-bond acceptors (Lipinski definition) is 5. The summed E-state index contributed by atoms with van der Waals surface area (Å²) in [6.45, 7) is 1.86. The number of pyridine rings is 1. The van der Waals surface area contributed by atoms with Crippen molar-refractivity contribution in [1.29, 1.82) is 0 Å². The number of aromatic nitrogens is 3. The number of aliphatic carboxylic acids is 1. The number of nitrogens with zero attached hydrogens (tertiary/aromatic N) is 2. The van der Waals surface area contributed by atoms with Crippen LogP contribution < -0.4 is 9.30 Å². The highest BCUT2D eigenvalue weighted by molar-refractivity contribution is 8.76. The van der Waals surface area contributed by atoms with E-state index in [0.29, 0.717) is 23.0 Å². The van der Waals surface area contributed by atoms with Crippen LogP contribution in [0.15, 0.2) is 30.5 Å². The molecule has 0 spiro atoms. The van der Waals surface area contributed by atoms with E-state index in [9.17, 15) is 18.0 Å². The molecule has 0 aliphatic rings. The largest absolute Gasteiger partial charge is 0.496 e. The van der Waals surface area contributed by atoms with Crippen molar-refractivity contribution in [2.75, 3.05) is 12.9 Å². The van der Waals surface area contributed by atoms with Crippen molar-refractivity contribution in [2.45, 2.75) is 18.9 Å². The lowest BCUT2D eigenvalue weighted by atomic mass is 10.2. The Morgan fingerprint density at radius 2 is 2.07 bits per heavy atom. The third-order valence-electron chi connectivity index (χ3n) is 4.17. The molecule has 0 aliphatic heterocycles. The number of hydrogen-bond donors (Lipinski definition) is 2. The number of halogens is 3. The van der Waals surface area contributed by atoms with E-state index in [4.69, 9.17) is 9.84 Å². The second kappa shape index (κ2) is 8.54. The fraction of sp³-hybridized carbons (Fsp3) is 0.278. The summed E-state index contributed by atoms with van der Waals surface area (Å²) in [5, 5.41) is 8.79. The first-order chi connectivity index (χ1) is 13.7. The molecule has 0 atom stereocenters. The van der Waals surface area contributed by atoms with Crippen LogP contribution in [-0.4, -0.2) is 33.9 Å². The number of carboxylic acid groups (broad SMARTS) is 1. The number of carbonyl (C=O) groups is 1. The summed E-state index contributed by atoms with van der Waals surface area (Å²) in [7, 11) is 4.10. The highest BCUT2D eigenvalue weighted by Gasteiger charge is 2.31. The van der Waals surface area contributed by atoms with E-state index < -0.39 is 17.7 Å². The van der Waals surface area contributed by atoms with Gasteiger partial charge < -0.3 is 9.84 Å². The Morgan fingerprint density at radius 1 is 1.31 bits per heavy atom. The standard InChI is InChI=1S/C18H16F3N3O3S2/c1-10-14(8-28-29-9-16(25)26)24(6-5-15(10)27-2)17-22-12-4-3-11(18(19,20)21)7-13(12)23-17/h3-7H,8-9H2,1-2H3,(H-,22,23,25,26)/p+1. The Kier molecular flexibility index (Phi) is 6.27. The SMILES string of the molecule is COc1cc[n+](-c2nc3ccc(C(F)(F)F)cc3[nH]2)c(CSSCC(=O)O)c1C. The highest BCUT2D eigenvalue weighted by atomic mass is 33.1. The first-order valence-electron chi connectivity index (χ1n) is 8.32. The molecule has 0 amide bonds. The van der Waals surface area contributed by atoms with E-state index in [0.717, 1.165) is 23.4 Å². The Labute approximate surface area is 171 Å². The van der Waals surface area contributed by atoms with Gasteiger partial charge in [0, 0.05) is 11.6 Å². The average Bonchev–Trinajstić information content (AvgIpc) is 3.08. The topological polar surface area (TPSA) is 79.1 Å². The van der Waals surface area contributed by atoms with E-state index >= 15 is 0 Å². The molecular weight excluding hydrogens is 427 g/mol. The maximum atomic E-state index is 13.0. The van der Waals surface area contributed by atoms with Crippen LogP contribution in [0.4, 0.5) is 13.2 Å². The molecule has 11 heteroatoms. The average molecular weight is 444 g/mol. The molecule has 6 nitrogen and oxygen atoms in total. The summed E-state index contributed by atoms with van der Waals surface area (Å²) in [5.74, 6) is 0.514. The number of fused-ring (bicyclic) bond motifs is 1. The second-order valence-corrected chi connectivity index (χ2v) is 8.50. The van der Waals surface area contributed by atoms with Gasteiger partial charge in [0.25, 0.3) is 0 Å². The summed E-state index contributed by atoms with van der Waals surface area (Å²) in [6.07, 6.45) is -2.72. The maximum absolute atomic E-state index is 13.0. The lowest BCUT2D eigenvalue weighted by molar-refractivity contribution is -0.610. The number of H-pyrrole nitrogens is 1. The van der Waals surface area contributed by atoms with Crippen LogP contribution in [0.3, 0.4) is 0 Å². The predicted molar refractivity (Wildman–Crippen MR) is 105 cm³/mol. The zero-order valence-electron chi connectivity index (χ0n) is 15.4. The van der Waals surface area contributed by atoms with Crippen LogP contribution >= 0.6 is 21.6 Å². The van der Waals surface area contributed by atoms with Gasteiger partial charge in [0.1, 0.15) is 22.7 Å². The number of carboxylic acids is 1. The molecular formula is C18H17F3N3O3S2+. The van der Waals surface area contributed by atoms with Crippen LogP contribution in [0.25, 0.3) is 17.0 Å². The summed E-state index contributed by atoms with van der Waals surface area (Å²) in [6, 6.07) is 5.09. The fourth-order valence-electron chi connectivity index (χ4n) is 2.75. The minimum Gasteiger partial charge on any atom is -0.496 e. The third kappa shape index (κ3) is 4.78. The molecule has 0 radical (unpaired) electrons. The second-order valence-electron chi connectivity index (χ2n) is 6.03. The molecule has 0 aliphatic carbocycles. The number of rotatable bonds is 7. The number of methoxy groups -OCH3 is 1. The molecule has 3 rings (SSSR count). The number of nitrogens with one attached hydrogen (secondary N) is 1. The molecule has 3 aromatic rings. The first kappa shape index (κ1) is 21.3. The van der Waals surface area contributed by atoms with Gasteiger partial charge in [-0.2, -0.15) is 13.2 Å². The molecule has 0 unspecified atom stereocenters. The van der Waals surface area contributed by atoms with Crippen LogP contribution in [0.5, 0.6) is 5.75 Å². The van der Waals surface area contributed by atoms with Crippen molar-refractivity contribution < 1.29 is 32.4 Å². The zero-order chi connectivity index (χ0) is 21.2. The third-order valence-corrected chi connectivity index (χ3v) is 6.30. The fourth-order valence-corrected chi connectivity index (χ4v) is 4.63. The molecule has 1 aromatic carbocycles. The lowest BCUT2D eigenvalue weighted by Gasteiger charge is -2.12.